The summed E-state index contributed by atoms with van der Waals surface area (Å²) in [6, 6.07) is 6.62. The van der Waals surface area contributed by atoms with Gasteiger partial charge in [0.25, 0.3) is 0 Å². The Morgan fingerprint density at radius 1 is 1.10 bits per heavy atom. The fraction of sp³-hybridized carbons (Fsp3) is 0.400. The minimum Gasteiger partial charge on any atom is -0.399 e. The number of nitrogens with zero attached hydrogens (tertiary/aromatic N) is 1. The van der Waals surface area contributed by atoms with Gasteiger partial charge in [0.1, 0.15) is 5.82 Å². The van der Waals surface area contributed by atoms with Crippen molar-refractivity contribution in [1.82, 2.24) is 4.98 Å². The lowest BCUT2D eigenvalue weighted by molar-refractivity contribution is 0.00578. The highest BCUT2D eigenvalue weighted by molar-refractivity contribution is 6.65. The number of halogens is 1. The Hall–Kier alpha value is -1.46. The van der Waals surface area contributed by atoms with Crippen molar-refractivity contribution < 1.29 is 13.7 Å². The summed E-state index contributed by atoms with van der Waals surface area (Å²) < 4.78 is 25.8. The van der Waals surface area contributed by atoms with E-state index in [-0.39, 0.29) is 5.82 Å². The second kappa shape index (κ2) is 4.27. The second-order valence-electron chi connectivity index (χ2n) is 6.15. The van der Waals surface area contributed by atoms with E-state index >= 15 is 0 Å². The first kappa shape index (κ1) is 13.5. The number of pyridine rings is 1. The van der Waals surface area contributed by atoms with Gasteiger partial charge in [-0.2, -0.15) is 0 Å². The van der Waals surface area contributed by atoms with E-state index in [0.29, 0.717) is 11.0 Å². The lowest BCUT2D eigenvalue weighted by atomic mass is 9.76. The van der Waals surface area contributed by atoms with E-state index in [2.05, 4.69) is 4.98 Å². The van der Waals surface area contributed by atoms with Crippen LogP contribution in [-0.4, -0.2) is 23.3 Å². The zero-order valence-corrected chi connectivity index (χ0v) is 12.1. The van der Waals surface area contributed by atoms with E-state index in [9.17, 15) is 4.39 Å². The minimum absolute atomic E-state index is 0.332. The summed E-state index contributed by atoms with van der Waals surface area (Å²) >= 11 is 0. The molecule has 0 atom stereocenters. The average Bonchev–Trinajstić information content (AvgIpc) is 2.57. The largest absolute Gasteiger partial charge is 0.495 e. The van der Waals surface area contributed by atoms with Gasteiger partial charge in [0.05, 0.1) is 16.7 Å². The number of aromatic nitrogens is 1. The summed E-state index contributed by atoms with van der Waals surface area (Å²) in [5, 5.41) is 0.854. The normalized spacial score (nSPS) is 20.6. The van der Waals surface area contributed by atoms with Gasteiger partial charge < -0.3 is 9.31 Å². The molecule has 1 aliphatic rings. The predicted molar refractivity (Wildman–Crippen MR) is 77.4 cm³/mol. The third-order valence-electron chi connectivity index (χ3n) is 4.22. The van der Waals surface area contributed by atoms with Gasteiger partial charge in [-0.3, -0.25) is 4.98 Å². The van der Waals surface area contributed by atoms with Gasteiger partial charge in [-0.25, -0.2) is 4.39 Å². The van der Waals surface area contributed by atoms with Crippen LogP contribution in [0.3, 0.4) is 0 Å². The fourth-order valence-electron chi connectivity index (χ4n) is 2.34. The summed E-state index contributed by atoms with van der Waals surface area (Å²) in [4.78, 5) is 4.20. The topological polar surface area (TPSA) is 31.4 Å². The van der Waals surface area contributed by atoms with E-state index in [4.69, 9.17) is 9.31 Å². The molecular weight excluding hydrogens is 256 g/mol. The third-order valence-corrected chi connectivity index (χ3v) is 4.22. The van der Waals surface area contributed by atoms with Gasteiger partial charge in [-0.15, -0.1) is 0 Å². The Kier molecular flexibility index (Phi) is 2.89. The first-order valence-electron chi connectivity index (χ1n) is 6.70. The second-order valence-corrected chi connectivity index (χ2v) is 6.15. The highest BCUT2D eigenvalue weighted by Crippen LogP contribution is 2.37. The summed E-state index contributed by atoms with van der Waals surface area (Å²) in [5.41, 5.74) is 0.404. The van der Waals surface area contributed by atoms with E-state index in [0.717, 1.165) is 5.39 Å². The zero-order chi connectivity index (χ0) is 14.5. The molecule has 0 saturated carbocycles. The maximum atomic E-state index is 13.8. The first-order chi connectivity index (χ1) is 9.30. The molecule has 104 valence electrons. The van der Waals surface area contributed by atoms with Crippen molar-refractivity contribution in [1.29, 1.82) is 0 Å². The van der Waals surface area contributed by atoms with Crippen molar-refractivity contribution in [2.24, 2.45) is 0 Å². The molecule has 2 aromatic rings. The maximum absolute atomic E-state index is 13.8. The lowest BCUT2D eigenvalue weighted by Gasteiger charge is -2.32. The average molecular weight is 273 g/mol. The number of hydrogen-bond donors (Lipinski definition) is 0. The Bertz CT molecular complexity index is 656. The summed E-state index contributed by atoms with van der Waals surface area (Å²) in [5.74, 6) is -0.332. The van der Waals surface area contributed by atoms with E-state index < -0.39 is 18.3 Å². The van der Waals surface area contributed by atoms with Crippen molar-refractivity contribution >= 4 is 23.5 Å². The van der Waals surface area contributed by atoms with Gasteiger partial charge in [0.15, 0.2) is 0 Å². The molecule has 0 amide bonds. The van der Waals surface area contributed by atoms with Crippen LogP contribution in [0.25, 0.3) is 10.9 Å². The monoisotopic (exact) mass is 273 g/mol. The Balaban J connectivity index is 2.12. The van der Waals surface area contributed by atoms with Crippen LogP contribution in [0.2, 0.25) is 0 Å². The predicted octanol–water partition coefficient (Wildman–Crippen LogP) is 2.67. The van der Waals surface area contributed by atoms with E-state index in [1.165, 1.54) is 12.1 Å². The molecule has 3 nitrogen and oxygen atoms in total. The summed E-state index contributed by atoms with van der Waals surface area (Å²) in [6.07, 6.45) is 1.65. The van der Waals surface area contributed by atoms with Crippen LogP contribution in [0.5, 0.6) is 0 Å². The van der Waals surface area contributed by atoms with Gasteiger partial charge in [0, 0.05) is 17.6 Å². The maximum Gasteiger partial charge on any atom is 0.495 e. The van der Waals surface area contributed by atoms with Gasteiger partial charge in [-0.1, -0.05) is 6.07 Å². The molecule has 0 bridgehead atoms. The molecule has 2 heterocycles. The molecule has 1 saturated heterocycles. The van der Waals surface area contributed by atoms with E-state index in [1.807, 2.05) is 39.8 Å². The molecule has 1 fully saturated rings. The third kappa shape index (κ3) is 2.01. The molecule has 0 aliphatic carbocycles. The van der Waals surface area contributed by atoms with Crippen LogP contribution in [0, 0.1) is 5.82 Å². The van der Waals surface area contributed by atoms with Crippen molar-refractivity contribution in [3.05, 3.63) is 36.3 Å². The molecule has 20 heavy (non-hydrogen) atoms. The summed E-state index contributed by atoms with van der Waals surface area (Å²) in [7, 11) is -0.581. The van der Waals surface area contributed by atoms with Crippen LogP contribution in [0.4, 0.5) is 4.39 Å². The SMILES string of the molecule is CC1(C)OB(c2cc(F)cc3ncccc23)OC1(C)C. The van der Waals surface area contributed by atoms with Crippen LogP contribution in [0.1, 0.15) is 27.7 Å². The molecule has 1 aromatic carbocycles. The van der Waals surface area contributed by atoms with Crippen LogP contribution in [-0.2, 0) is 9.31 Å². The van der Waals surface area contributed by atoms with Crippen molar-refractivity contribution in [3.8, 4) is 0 Å². The Morgan fingerprint density at radius 3 is 2.40 bits per heavy atom. The summed E-state index contributed by atoms with van der Waals surface area (Å²) in [6.45, 7) is 7.92. The van der Waals surface area contributed by atoms with Crippen molar-refractivity contribution in [3.63, 3.8) is 0 Å². The number of hydrogen-bond acceptors (Lipinski definition) is 3. The standard InChI is InChI=1S/C15H17BFNO2/c1-14(2)15(3,4)20-16(19-14)12-8-10(17)9-13-11(12)6-5-7-18-13/h5-9H,1-4H3. The minimum atomic E-state index is -0.581. The Morgan fingerprint density at radius 2 is 1.75 bits per heavy atom. The Labute approximate surface area is 118 Å². The van der Waals surface area contributed by atoms with Crippen molar-refractivity contribution in [2.45, 2.75) is 38.9 Å². The van der Waals surface area contributed by atoms with Crippen LogP contribution >= 0.6 is 0 Å². The van der Waals surface area contributed by atoms with Gasteiger partial charge in [-0.05, 0) is 45.3 Å². The zero-order valence-electron chi connectivity index (χ0n) is 12.1. The fourth-order valence-corrected chi connectivity index (χ4v) is 2.34. The molecule has 0 radical (unpaired) electrons. The van der Waals surface area contributed by atoms with Gasteiger partial charge in [0.2, 0.25) is 0 Å². The van der Waals surface area contributed by atoms with E-state index in [1.54, 1.807) is 6.20 Å². The molecule has 0 N–H and O–H groups in total. The molecule has 5 heteroatoms. The smallest absolute Gasteiger partial charge is 0.399 e. The van der Waals surface area contributed by atoms with Gasteiger partial charge >= 0.3 is 7.12 Å². The highest BCUT2D eigenvalue weighted by Gasteiger charge is 2.52. The lowest BCUT2D eigenvalue weighted by Crippen LogP contribution is -2.41. The number of rotatable bonds is 1. The molecule has 0 spiro atoms. The highest BCUT2D eigenvalue weighted by atomic mass is 19.1. The molecular formula is C15H17BFNO2. The first-order valence-corrected chi connectivity index (χ1v) is 6.70. The van der Waals surface area contributed by atoms with Crippen LogP contribution < -0.4 is 5.46 Å². The number of fused-ring (bicyclic) bond motifs is 1. The molecule has 1 aliphatic heterocycles. The molecule has 0 unspecified atom stereocenters. The quantitative estimate of drug-likeness (QED) is 0.748. The molecule has 1 aromatic heterocycles. The molecule has 3 rings (SSSR count). The van der Waals surface area contributed by atoms with Crippen LogP contribution in [0.15, 0.2) is 30.5 Å². The number of benzene rings is 1. The van der Waals surface area contributed by atoms with Crippen molar-refractivity contribution in [2.75, 3.05) is 0 Å².